The van der Waals surface area contributed by atoms with E-state index in [1.807, 2.05) is 70.2 Å². The molecule has 0 aliphatic heterocycles. The zero-order valence-electron chi connectivity index (χ0n) is 22.6. The quantitative estimate of drug-likeness (QED) is 0.360. The first-order chi connectivity index (χ1) is 18.2. The second kappa shape index (κ2) is 13.2. The van der Waals surface area contributed by atoms with E-state index in [0.717, 1.165) is 23.1 Å². The lowest BCUT2D eigenvalue weighted by Crippen LogP contribution is -2.52. The van der Waals surface area contributed by atoms with E-state index in [2.05, 4.69) is 5.32 Å². The molecule has 3 rings (SSSR count). The lowest BCUT2D eigenvalue weighted by molar-refractivity contribution is -0.140. The van der Waals surface area contributed by atoms with Crippen molar-refractivity contribution in [2.45, 2.75) is 58.0 Å². The molecule has 202 valence electrons. The monoisotopic (exact) mass is 535 g/mol. The third-order valence-corrected chi connectivity index (χ3v) is 8.15. The highest BCUT2D eigenvalue weighted by Crippen LogP contribution is 2.28. The summed E-state index contributed by atoms with van der Waals surface area (Å²) in [5.41, 5.74) is 2.89. The maximum Gasteiger partial charge on any atom is 0.264 e. The van der Waals surface area contributed by atoms with E-state index in [1.165, 1.54) is 21.3 Å². The zero-order valence-corrected chi connectivity index (χ0v) is 23.4. The third-order valence-electron chi connectivity index (χ3n) is 6.37. The van der Waals surface area contributed by atoms with E-state index >= 15 is 0 Å². The van der Waals surface area contributed by atoms with Crippen LogP contribution in [-0.4, -0.2) is 44.3 Å². The normalized spacial score (nSPS) is 12.0. The molecule has 2 amide bonds. The Kier molecular flexibility index (Phi) is 10.1. The predicted octanol–water partition coefficient (Wildman–Crippen LogP) is 4.83. The van der Waals surface area contributed by atoms with Crippen LogP contribution in [0, 0.1) is 13.8 Å². The molecular weight excluding hydrogens is 498 g/mol. The number of sulfonamides is 1. The maximum absolute atomic E-state index is 14.0. The first-order valence-corrected chi connectivity index (χ1v) is 14.4. The average Bonchev–Trinajstić information content (AvgIpc) is 2.92. The molecule has 0 radical (unpaired) electrons. The first kappa shape index (κ1) is 28.9. The Bertz CT molecular complexity index is 1330. The van der Waals surface area contributed by atoms with E-state index in [0.29, 0.717) is 18.7 Å². The fourth-order valence-corrected chi connectivity index (χ4v) is 5.78. The van der Waals surface area contributed by atoms with Crippen LogP contribution >= 0.6 is 0 Å². The lowest BCUT2D eigenvalue weighted by atomic mass is 10.1. The fourth-order valence-electron chi connectivity index (χ4n) is 4.29. The second-order valence-electron chi connectivity index (χ2n) is 9.34. The lowest BCUT2D eigenvalue weighted by Gasteiger charge is -2.33. The number of carbonyl (C=O) groups excluding carboxylic acids is 2. The van der Waals surface area contributed by atoms with Gasteiger partial charge in [0.1, 0.15) is 12.6 Å². The number of anilines is 1. The van der Waals surface area contributed by atoms with Crippen LogP contribution < -0.4 is 9.62 Å². The molecule has 0 saturated heterocycles. The summed E-state index contributed by atoms with van der Waals surface area (Å²) in [4.78, 5) is 28.7. The molecule has 38 heavy (non-hydrogen) atoms. The first-order valence-electron chi connectivity index (χ1n) is 12.9. The molecule has 7 nitrogen and oxygen atoms in total. The number of hydrogen-bond acceptors (Lipinski definition) is 4. The standard InChI is InChI=1S/C30H37N3O4S/c1-5-19-31-30(35)27(6-2)32(21-25-13-9-7-10-14-25)29(34)22-33(28-20-23(3)17-18-24(28)4)38(36,37)26-15-11-8-12-16-26/h7-18,20,27H,5-6,19,21-22H2,1-4H3,(H,31,35). The minimum Gasteiger partial charge on any atom is -0.354 e. The molecule has 0 aromatic heterocycles. The largest absolute Gasteiger partial charge is 0.354 e. The highest BCUT2D eigenvalue weighted by molar-refractivity contribution is 7.92. The molecule has 0 bridgehead atoms. The predicted molar refractivity (Wildman–Crippen MR) is 151 cm³/mol. The van der Waals surface area contributed by atoms with E-state index in [-0.39, 0.29) is 17.3 Å². The van der Waals surface area contributed by atoms with E-state index < -0.39 is 28.5 Å². The van der Waals surface area contributed by atoms with Crippen molar-refractivity contribution in [1.82, 2.24) is 10.2 Å². The van der Waals surface area contributed by atoms with Crippen molar-refractivity contribution >= 4 is 27.5 Å². The van der Waals surface area contributed by atoms with Crippen LogP contribution in [0.4, 0.5) is 5.69 Å². The number of amides is 2. The molecule has 0 saturated carbocycles. The van der Waals surface area contributed by atoms with E-state index in [9.17, 15) is 18.0 Å². The van der Waals surface area contributed by atoms with Crippen LogP contribution in [0.15, 0.2) is 83.8 Å². The number of nitrogens with zero attached hydrogens (tertiary/aromatic N) is 2. The molecule has 8 heteroatoms. The molecule has 1 N–H and O–H groups in total. The van der Waals surface area contributed by atoms with Crippen LogP contribution in [0.3, 0.4) is 0 Å². The van der Waals surface area contributed by atoms with Gasteiger partial charge in [-0.1, -0.05) is 74.5 Å². The smallest absolute Gasteiger partial charge is 0.264 e. The highest BCUT2D eigenvalue weighted by atomic mass is 32.2. The number of benzene rings is 3. The van der Waals surface area contributed by atoms with Crippen LogP contribution in [0.1, 0.15) is 43.4 Å². The Hall–Kier alpha value is -3.65. The molecule has 0 fully saturated rings. The summed E-state index contributed by atoms with van der Waals surface area (Å²) in [6, 6.07) is 22.3. The second-order valence-corrected chi connectivity index (χ2v) is 11.2. The van der Waals surface area contributed by atoms with Gasteiger partial charge in [0.2, 0.25) is 11.8 Å². The van der Waals surface area contributed by atoms with Crippen molar-refractivity contribution in [3.8, 4) is 0 Å². The topological polar surface area (TPSA) is 86.8 Å². The van der Waals surface area contributed by atoms with Crippen molar-refractivity contribution in [3.05, 3.63) is 95.6 Å². The van der Waals surface area contributed by atoms with E-state index in [1.54, 1.807) is 24.3 Å². The molecular formula is C30H37N3O4S. The number of hydrogen-bond donors (Lipinski definition) is 1. The molecule has 0 spiro atoms. The van der Waals surface area contributed by atoms with Gasteiger partial charge in [0.15, 0.2) is 0 Å². The Morgan fingerprint density at radius 2 is 1.53 bits per heavy atom. The van der Waals surface area contributed by atoms with Gasteiger partial charge < -0.3 is 10.2 Å². The summed E-state index contributed by atoms with van der Waals surface area (Å²) in [7, 11) is -4.08. The van der Waals surface area contributed by atoms with Gasteiger partial charge in [-0.25, -0.2) is 8.42 Å². The Labute approximate surface area is 226 Å². The summed E-state index contributed by atoms with van der Waals surface area (Å²) >= 11 is 0. The third kappa shape index (κ3) is 7.01. The van der Waals surface area contributed by atoms with Gasteiger partial charge in [0, 0.05) is 13.1 Å². The maximum atomic E-state index is 14.0. The molecule has 0 heterocycles. The summed E-state index contributed by atoms with van der Waals surface area (Å²) in [5.74, 6) is -0.699. The van der Waals surface area contributed by atoms with Crippen molar-refractivity contribution < 1.29 is 18.0 Å². The number of rotatable bonds is 12. The fraction of sp³-hybridized carbons (Fsp3) is 0.333. The van der Waals surface area contributed by atoms with Crippen molar-refractivity contribution in [1.29, 1.82) is 0 Å². The molecule has 0 aliphatic rings. The molecule has 0 aliphatic carbocycles. The molecule has 1 unspecified atom stereocenters. The number of nitrogens with one attached hydrogen (secondary N) is 1. The van der Waals surface area contributed by atoms with Gasteiger partial charge in [-0.2, -0.15) is 0 Å². The number of carbonyl (C=O) groups is 2. The summed E-state index contributed by atoms with van der Waals surface area (Å²) in [5, 5.41) is 2.90. The Morgan fingerprint density at radius 3 is 2.13 bits per heavy atom. The summed E-state index contributed by atoms with van der Waals surface area (Å²) in [6.07, 6.45) is 1.16. The van der Waals surface area contributed by atoms with Crippen molar-refractivity contribution in [3.63, 3.8) is 0 Å². The number of aryl methyl sites for hydroxylation is 2. The molecule has 3 aromatic rings. The van der Waals surface area contributed by atoms with Crippen LogP contribution in [0.2, 0.25) is 0 Å². The van der Waals surface area contributed by atoms with Crippen molar-refractivity contribution in [2.75, 3.05) is 17.4 Å². The van der Waals surface area contributed by atoms with Crippen molar-refractivity contribution in [2.24, 2.45) is 0 Å². The SMILES string of the molecule is CCCNC(=O)C(CC)N(Cc1ccccc1)C(=O)CN(c1cc(C)ccc1C)S(=O)(=O)c1ccccc1. The van der Waals surface area contributed by atoms with Gasteiger partial charge in [-0.05, 0) is 61.6 Å². The van der Waals surface area contributed by atoms with Gasteiger partial charge in [-0.15, -0.1) is 0 Å². The van der Waals surface area contributed by atoms with Crippen LogP contribution in [0.25, 0.3) is 0 Å². The summed E-state index contributed by atoms with van der Waals surface area (Å²) in [6.45, 7) is 7.76. The van der Waals surface area contributed by atoms with Gasteiger partial charge >= 0.3 is 0 Å². The highest BCUT2D eigenvalue weighted by Gasteiger charge is 2.34. The Morgan fingerprint density at radius 1 is 0.895 bits per heavy atom. The molecule has 3 aromatic carbocycles. The minimum atomic E-state index is -4.08. The Balaban J connectivity index is 2.07. The van der Waals surface area contributed by atoms with Crippen LogP contribution in [-0.2, 0) is 26.2 Å². The van der Waals surface area contributed by atoms with Gasteiger partial charge in [-0.3, -0.25) is 13.9 Å². The zero-order chi connectivity index (χ0) is 27.7. The summed E-state index contributed by atoms with van der Waals surface area (Å²) < 4.78 is 29.0. The minimum absolute atomic E-state index is 0.0936. The van der Waals surface area contributed by atoms with Gasteiger partial charge in [0.25, 0.3) is 10.0 Å². The van der Waals surface area contributed by atoms with Gasteiger partial charge in [0.05, 0.1) is 10.6 Å². The van der Waals surface area contributed by atoms with Crippen LogP contribution in [0.5, 0.6) is 0 Å². The van der Waals surface area contributed by atoms with E-state index in [4.69, 9.17) is 0 Å². The average molecular weight is 536 g/mol. The molecule has 1 atom stereocenters.